The Morgan fingerprint density at radius 2 is 1.83 bits per heavy atom. The fourth-order valence-electron chi connectivity index (χ4n) is 2.78. The van der Waals surface area contributed by atoms with E-state index < -0.39 is 23.6 Å². The van der Waals surface area contributed by atoms with Gasteiger partial charge in [-0.3, -0.25) is 0 Å². The second-order valence-corrected chi connectivity index (χ2v) is 5.82. The summed E-state index contributed by atoms with van der Waals surface area (Å²) in [5, 5.41) is 12.9. The molecule has 1 aliphatic rings. The highest BCUT2D eigenvalue weighted by Gasteiger charge is 2.23. The van der Waals surface area contributed by atoms with Crippen molar-refractivity contribution in [3.63, 3.8) is 0 Å². The summed E-state index contributed by atoms with van der Waals surface area (Å²) in [6.07, 6.45) is -0.000328. The van der Waals surface area contributed by atoms with Crippen molar-refractivity contribution in [1.29, 1.82) is 0 Å². The number of ether oxygens (including phenoxy) is 1. The third-order valence-corrected chi connectivity index (χ3v) is 4.18. The van der Waals surface area contributed by atoms with Crippen molar-refractivity contribution in [1.82, 2.24) is 5.32 Å². The Kier molecular flexibility index (Phi) is 5.18. The molecule has 0 amide bonds. The third-order valence-electron chi connectivity index (χ3n) is 4.18. The lowest BCUT2D eigenvalue weighted by Gasteiger charge is -2.28. The van der Waals surface area contributed by atoms with Crippen molar-refractivity contribution < 1.29 is 23.0 Å². The van der Waals surface area contributed by atoms with Gasteiger partial charge in [-0.2, -0.15) is 0 Å². The maximum atomic E-state index is 14.3. The molecule has 0 aromatic heterocycles. The van der Waals surface area contributed by atoms with Gasteiger partial charge in [0.05, 0.1) is 24.3 Å². The maximum absolute atomic E-state index is 14.3. The van der Waals surface area contributed by atoms with Crippen LogP contribution in [0, 0.1) is 17.5 Å². The first kappa shape index (κ1) is 17.0. The first-order valence-electron chi connectivity index (χ1n) is 7.78. The Balaban J connectivity index is 1.75. The van der Waals surface area contributed by atoms with Gasteiger partial charge in [-0.25, -0.2) is 13.2 Å². The molecule has 3 rings (SSSR count). The molecular formula is C18H18F3NO2. The monoisotopic (exact) mass is 337 g/mol. The predicted octanol–water partition coefficient (Wildman–Crippen LogP) is 3.01. The lowest BCUT2D eigenvalue weighted by Crippen LogP contribution is -2.46. The molecule has 0 radical (unpaired) electrons. The van der Waals surface area contributed by atoms with E-state index in [1.807, 2.05) is 0 Å². The molecule has 1 heterocycles. The second kappa shape index (κ2) is 7.34. The van der Waals surface area contributed by atoms with Gasteiger partial charge < -0.3 is 15.2 Å². The van der Waals surface area contributed by atoms with Crippen LogP contribution in [-0.2, 0) is 11.3 Å². The molecular weight excluding hydrogens is 319 g/mol. The van der Waals surface area contributed by atoms with Gasteiger partial charge in [-0.1, -0.05) is 18.2 Å². The van der Waals surface area contributed by atoms with E-state index in [0.29, 0.717) is 25.2 Å². The van der Waals surface area contributed by atoms with Gasteiger partial charge in [-0.05, 0) is 30.2 Å². The molecule has 0 bridgehead atoms. The zero-order valence-electron chi connectivity index (χ0n) is 12.9. The fraction of sp³-hybridized carbons (Fsp3) is 0.333. The van der Waals surface area contributed by atoms with Crippen molar-refractivity contribution in [2.24, 2.45) is 0 Å². The number of hydrogen-bond donors (Lipinski definition) is 2. The van der Waals surface area contributed by atoms with Crippen LogP contribution in [-0.4, -0.2) is 30.5 Å². The highest BCUT2D eigenvalue weighted by Crippen LogP contribution is 2.27. The largest absolute Gasteiger partial charge is 0.391 e. The molecule has 128 valence electrons. The van der Waals surface area contributed by atoms with Crippen LogP contribution < -0.4 is 5.32 Å². The average Bonchev–Trinajstić information content (AvgIpc) is 2.55. The van der Waals surface area contributed by atoms with E-state index in [4.69, 9.17) is 4.74 Å². The first-order chi connectivity index (χ1) is 11.6. The average molecular weight is 337 g/mol. The van der Waals surface area contributed by atoms with Gasteiger partial charge in [-0.15, -0.1) is 0 Å². The summed E-state index contributed by atoms with van der Waals surface area (Å²) < 4.78 is 47.1. The second-order valence-electron chi connectivity index (χ2n) is 5.82. The standard InChI is InChI=1S/C18H18F3NO2/c19-13-2-1-3-14(20)18(13)11-4-5-12(15(21)8-11)9-22-16-10-24-7-6-17(16)23/h1-5,8,16-17,22-23H,6-7,9-10H2/t16-,17-/m1/s1. The molecule has 0 saturated carbocycles. The normalized spacial score (nSPS) is 21.0. The fourth-order valence-corrected chi connectivity index (χ4v) is 2.78. The van der Waals surface area contributed by atoms with Crippen molar-refractivity contribution in [3.8, 4) is 11.1 Å². The molecule has 0 unspecified atom stereocenters. The molecule has 2 aromatic carbocycles. The van der Waals surface area contributed by atoms with E-state index in [0.717, 1.165) is 18.2 Å². The van der Waals surface area contributed by atoms with Crippen molar-refractivity contribution in [2.75, 3.05) is 13.2 Å². The maximum Gasteiger partial charge on any atom is 0.133 e. The van der Waals surface area contributed by atoms with E-state index in [-0.39, 0.29) is 23.7 Å². The number of halogens is 3. The molecule has 3 nitrogen and oxygen atoms in total. The van der Waals surface area contributed by atoms with Crippen LogP contribution in [0.15, 0.2) is 36.4 Å². The van der Waals surface area contributed by atoms with E-state index in [2.05, 4.69) is 5.32 Å². The Bertz CT molecular complexity index is 703. The van der Waals surface area contributed by atoms with E-state index >= 15 is 0 Å². The predicted molar refractivity (Wildman–Crippen MR) is 83.8 cm³/mol. The molecule has 1 fully saturated rings. The van der Waals surface area contributed by atoms with Crippen molar-refractivity contribution in [2.45, 2.75) is 25.1 Å². The van der Waals surface area contributed by atoms with Crippen LogP contribution >= 0.6 is 0 Å². The summed E-state index contributed by atoms with van der Waals surface area (Å²) in [6.45, 7) is 1.06. The van der Waals surface area contributed by atoms with Crippen LogP contribution in [0.5, 0.6) is 0 Å². The topological polar surface area (TPSA) is 41.5 Å². The number of rotatable bonds is 4. The van der Waals surface area contributed by atoms with Gasteiger partial charge >= 0.3 is 0 Å². The molecule has 1 aliphatic heterocycles. The number of nitrogens with one attached hydrogen (secondary N) is 1. The Labute approximate surface area is 138 Å². The van der Waals surface area contributed by atoms with Gasteiger partial charge in [0.2, 0.25) is 0 Å². The van der Waals surface area contributed by atoms with Crippen LogP contribution in [0.4, 0.5) is 13.2 Å². The van der Waals surface area contributed by atoms with Gasteiger partial charge in [0.1, 0.15) is 17.5 Å². The number of aliphatic hydroxyl groups excluding tert-OH is 1. The van der Waals surface area contributed by atoms with Crippen LogP contribution in [0.25, 0.3) is 11.1 Å². The van der Waals surface area contributed by atoms with E-state index in [1.165, 1.54) is 18.2 Å². The molecule has 2 atom stereocenters. The van der Waals surface area contributed by atoms with Crippen LogP contribution in [0.2, 0.25) is 0 Å². The van der Waals surface area contributed by atoms with Crippen molar-refractivity contribution >= 4 is 0 Å². The third kappa shape index (κ3) is 3.61. The lowest BCUT2D eigenvalue weighted by atomic mass is 10.0. The molecule has 1 saturated heterocycles. The zero-order chi connectivity index (χ0) is 17.1. The minimum absolute atomic E-state index is 0.146. The van der Waals surface area contributed by atoms with Gasteiger partial charge in [0.15, 0.2) is 0 Å². The Morgan fingerprint density at radius 3 is 2.50 bits per heavy atom. The quantitative estimate of drug-likeness (QED) is 0.901. The summed E-state index contributed by atoms with van der Waals surface area (Å²) in [4.78, 5) is 0. The summed E-state index contributed by atoms with van der Waals surface area (Å²) >= 11 is 0. The zero-order valence-corrected chi connectivity index (χ0v) is 12.9. The molecule has 6 heteroatoms. The first-order valence-corrected chi connectivity index (χ1v) is 7.78. The molecule has 0 aliphatic carbocycles. The van der Waals surface area contributed by atoms with Gasteiger partial charge in [0, 0.05) is 18.7 Å². The smallest absolute Gasteiger partial charge is 0.133 e. The summed E-state index contributed by atoms with van der Waals surface area (Å²) in [5.74, 6) is -2.03. The number of hydrogen-bond acceptors (Lipinski definition) is 3. The minimum atomic E-state index is -0.734. The van der Waals surface area contributed by atoms with E-state index in [9.17, 15) is 18.3 Å². The molecule has 0 spiro atoms. The lowest BCUT2D eigenvalue weighted by molar-refractivity contribution is -0.0160. The highest BCUT2D eigenvalue weighted by atomic mass is 19.1. The van der Waals surface area contributed by atoms with Crippen LogP contribution in [0.3, 0.4) is 0 Å². The van der Waals surface area contributed by atoms with Crippen LogP contribution in [0.1, 0.15) is 12.0 Å². The molecule has 24 heavy (non-hydrogen) atoms. The van der Waals surface area contributed by atoms with Gasteiger partial charge in [0.25, 0.3) is 0 Å². The number of aliphatic hydroxyl groups is 1. The molecule has 2 N–H and O–H groups in total. The van der Waals surface area contributed by atoms with Crippen molar-refractivity contribution in [3.05, 3.63) is 59.4 Å². The minimum Gasteiger partial charge on any atom is -0.391 e. The highest BCUT2D eigenvalue weighted by molar-refractivity contribution is 5.65. The summed E-state index contributed by atoms with van der Waals surface area (Å²) in [6, 6.07) is 7.36. The number of benzene rings is 2. The molecule has 2 aromatic rings. The summed E-state index contributed by atoms with van der Waals surface area (Å²) in [7, 11) is 0. The summed E-state index contributed by atoms with van der Waals surface area (Å²) in [5.41, 5.74) is 0.258. The Morgan fingerprint density at radius 1 is 1.08 bits per heavy atom. The Hall–Kier alpha value is -1.89. The SMILES string of the molecule is O[C@@H]1CCOC[C@H]1NCc1ccc(-c2c(F)cccc2F)cc1F. The van der Waals surface area contributed by atoms with E-state index in [1.54, 1.807) is 0 Å².